The number of nitrogens with zero attached hydrogens (tertiary/aromatic N) is 3. The summed E-state index contributed by atoms with van der Waals surface area (Å²) in [6, 6.07) is 12.4. The number of ether oxygens (including phenoxy) is 1. The summed E-state index contributed by atoms with van der Waals surface area (Å²) in [6.07, 6.45) is 1.75. The second-order valence-electron chi connectivity index (χ2n) is 5.90. The van der Waals surface area contributed by atoms with Gasteiger partial charge in [-0.25, -0.2) is 0 Å². The van der Waals surface area contributed by atoms with Crippen LogP contribution in [0.4, 0.5) is 5.69 Å². The van der Waals surface area contributed by atoms with Crippen LogP contribution in [-0.2, 0) is 11.3 Å². The van der Waals surface area contributed by atoms with Gasteiger partial charge in [-0.2, -0.15) is 0 Å². The summed E-state index contributed by atoms with van der Waals surface area (Å²) in [4.78, 5) is 12.4. The van der Waals surface area contributed by atoms with E-state index in [-0.39, 0.29) is 11.7 Å². The number of benzene rings is 2. The van der Waals surface area contributed by atoms with E-state index in [1.165, 1.54) is 18.9 Å². The van der Waals surface area contributed by atoms with Gasteiger partial charge in [0.25, 0.3) is 0 Å². The van der Waals surface area contributed by atoms with Crippen molar-refractivity contribution in [2.24, 2.45) is 0 Å². The van der Waals surface area contributed by atoms with Crippen LogP contribution >= 0.6 is 35.0 Å². The highest BCUT2D eigenvalue weighted by atomic mass is 35.5. The lowest BCUT2D eigenvalue weighted by molar-refractivity contribution is -0.113. The highest BCUT2D eigenvalue weighted by Gasteiger charge is 2.16. The summed E-state index contributed by atoms with van der Waals surface area (Å²) in [5.74, 6) is 1.12. The maximum Gasteiger partial charge on any atom is 0.234 e. The number of rotatable bonds is 8. The molecule has 0 atom stereocenters. The van der Waals surface area contributed by atoms with Gasteiger partial charge in [-0.15, -0.1) is 16.8 Å². The molecule has 9 heteroatoms. The van der Waals surface area contributed by atoms with Crippen LogP contribution in [0.5, 0.6) is 5.75 Å². The predicted molar refractivity (Wildman–Crippen MR) is 118 cm³/mol. The largest absolute Gasteiger partial charge is 0.495 e. The number of carbonyl (C=O) groups excluding carboxylic acids is 1. The quantitative estimate of drug-likeness (QED) is 0.379. The maximum atomic E-state index is 12.4. The number of carbonyl (C=O) groups is 1. The number of thioether (sulfide) groups is 1. The second-order valence-corrected chi connectivity index (χ2v) is 7.71. The first kappa shape index (κ1) is 21.2. The second kappa shape index (κ2) is 9.82. The molecule has 6 nitrogen and oxygen atoms in total. The molecule has 29 heavy (non-hydrogen) atoms. The topological polar surface area (TPSA) is 69.0 Å². The fourth-order valence-electron chi connectivity index (χ4n) is 2.62. The van der Waals surface area contributed by atoms with Crippen molar-refractivity contribution in [3.8, 4) is 17.1 Å². The molecule has 1 heterocycles. The normalized spacial score (nSPS) is 10.6. The lowest BCUT2D eigenvalue weighted by atomic mass is 10.2. The first-order valence-corrected chi connectivity index (χ1v) is 10.3. The number of amides is 1. The van der Waals surface area contributed by atoms with E-state index in [4.69, 9.17) is 27.9 Å². The van der Waals surface area contributed by atoms with E-state index in [0.717, 1.165) is 5.56 Å². The summed E-state index contributed by atoms with van der Waals surface area (Å²) in [7, 11) is 1.53. The van der Waals surface area contributed by atoms with E-state index in [2.05, 4.69) is 22.1 Å². The van der Waals surface area contributed by atoms with Crippen molar-refractivity contribution < 1.29 is 9.53 Å². The number of halogens is 2. The van der Waals surface area contributed by atoms with E-state index in [0.29, 0.717) is 39.0 Å². The van der Waals surface area contributed by atoms with Crippen molar-refractivity contribution in [2.45, 2.75) is 11.7 Å². The molecule has 0 saturated carbocycles. The SMILES string of the molecule is C=CCn1c(SCC(=O)Nc2cc(Cl)ccc2OC)nnc1-c1cccc(Cl)c1. The van der Waals surface area contributed by atoms with Crippen LogP contribution in [-0.4, -0.2) is 33.5 Å². The summed E-state index contributed by atoms with van der Waals surface area (Å²) in [5.41, 5.74) is 1.35. The number of allylic oxidation sites excluding steroid dienone is 1. The Labute approximate surface area is 182 Å². The first-order valence-electron chi connectivity index (χ1n) is 8.58. The average molecular weight is 449 g/mol. The van der Waals surface area contributed by atoms with Gasteiger partial charge in [0.05, 0.1) is 18.6 Å². The number of hydrogen-bond acceptors (Lipinski definition) is 5. The highest BCUT2D eigenvalue weighted by molar-refractivity contribution is 7.99. The minimum atomic E-state index is -0.215. The molecule has 0 saturated heterocycles. The number of anilines is 1. The molecule has 0 fully saturated rings. The molecule has 0 aliphatic carbocycles. The fraction of sp³-hybridized carbons (Fsp3) is 0.150. The van der Waals surface area contributed by atoms with Crippen molar-refractivity contribution in [1.82, 2.24) is 14.8 Å². The third-order valence-electron chi connectivity index (χ3n) is 3.88. The van der Waals surface area contributed by atoms with Crippen molar-refractivity contribution >= 4 is 46.6 Å². The van der Waals surface area contributed by atoms with E-state index < -0.39 is 0 Å². The van der Waals surface area contributed by atoms with Gasteiger partial charge in [-0.05, 0) is 30.3 Å². The van der Waals surface area contributed by atoms with Gasteiger partial charge in [0.2, 0.25) is 5.91 Å². The first-order chi connectivity index (χ1) is 14.0. The predicted octanol–water partition coefficient (Wildman–Crippen LogP) is 5.18. The minimum Gasteiger partial charge on any atom is -0.495 e. The molecule has 0 aliphatic heterocycles. The molecule has 0 aliphatic rings. The molecular weight excluding hydrogens is 431 g/mol. The minimum absolute atomic E-state index is 0.139. The van der Waals surface area contributed by atoms with Gasteiger partial charge in [0.1, 0.15) is 5.75 Å². The lowest BCUT2D eigenvalue weighted by Crippen LogP contribution is -2.15. The van der Waals surface area contributed by atoms with Crippen LogP contribution in [0.1, 0.15) is 0 Å². The van der Waals surface area contributed by atoms with Crippen molar-refractivity contribution in [1.29, 1.82) is 0 Å². The molecule has 1 aromatic heterocycles. The molecule has 3 aromatic rings. The van der Waals surface area contributed by atoms with Crippen molar-refractivity contribution in [3.63, 3.8) is 0 Å². The molecule has 0 spiro atoms. The van der Waals surface area contributed by atoms with Crippen molar-refractivity contribution in [3.05, 3.63) is 65.2 Å². The molecule has 2 aromatic carbocycles. The molecule has 1 N–H and O–H groups in total. The Hall–Kier alpha value is -2.48. The molecule has 0 radical (unpaired) electrons. The number of aromatic nitrogens is 3. The zero-order valence-electron chi connectivity index (χ0n) is 15.6. The Morgan fingerprint density at radius 3 is 2.76 bits per heavy atom. The molecule has 0 unspecified atom stereocenters. The Balaban J connectivity index is 1.74. The molecular formula is C20H18Cl2N4O2S. The Kier molecular flexibility index (Phi) is 7.19. The number of methoxy groups -OCH3 is 1. The van der Waals surface area contributed by atoms with Crippen molar-refractivity contribution in [2.75, 3.05) is 18.2 Å². The third-order valence-corrected chi connectivity index (χ3v) is 5.32. The third kappa shape index (κ3) is 5.32. The average Bonchev–Trinajstić information content (AvgIpc) is 3.09. The summed E-state index contributed by atoms with van der Waals surface area (Å²) in [5, 5.41) is 13.0. The van der Waals surface area contributed by atoms with Gasteiger partial charge in [-0.3, -0.25) is 9.36 Å². The molecule has 0 bridgehead atoms. The van der Waals surface area contributed by atoms with Crippen LogP contribution < -0.4 is 10.1 Å². The maximum absolute atomic E-state index is 12.4. The van der Waals surface area contributed by atoms with E-state index in [1.807, 2.05) is 22.8 Å². The van der Waals surface area contributed by atoms with Gasteiger partial charge in [-0.1, -0.05) is 53.2 Å². The number of nitrogens with one attached hydrogen (secondary N) is 1. The van der Waals surface area contributed by atoms with Crippen LogP contribution in [0.15, 0.2) is 60.3 Å². The Bertz CT molecular complexity index is 1040. The summed E-state index contributed by atoms with van der Waals surface area (Å²) >= 11 is 13.4. The molecule has 3 rings (SSSR count). The molecule has 1 amide bonds. The lowest BCUT2D eigenvalue weighted by Gasteiger charge is -2.11. The van der Waals surface area contributed by atoms with Gasteiger partial charge in [0, 0.05) is 22.2 Å². The van der Waals surface area contributed by atoms with Crippen LogP contribution in [0, 0.1) is 0 Å². The van der Waals surface area contributed by atoms with E-state index in [9.17, 15) is 4.79 Å². The van der Waals surface area contributed by atoms with Gasteiger partial charge < -0.3 is 10.1 Å². The number of hydrogen-bond donors (Lipinski definition) is 1. The van der Waals surface area contributed by atoms with Gasteiger partial charge in [0.15, 0.2) is 11.0 Å². The van der Waals surface area contributed by atoms with Gasteiger partial charge >= 0.3 is 0 Å². The summed E-state index contributed by atoms with van der Waals surface area (Å²) in [6.45, 7) is 4.29. The monoisotopic (exact) mass is 448 g/mol. The highest BCUT2D eigenvalue weighted by Crippen LogP contribution is 2.29. The Morgan fingerprint density at radius 2 is 2.03 bits per heavy atom. The standard InChI is InChI=1S/C20H18Cl2N4O2S/c1-3-9-26-19(13-5-4-6-14(21)10-13)24-25-20(26)29-12-18(27)23-16-11-15(22)7-8-17(16)28-2/h3-8,10-11H,1,9,12H2,2H3,(H,23,27). The Morgan fingerprint density at radius 1 is 1.24 bits per heavy atom. The van der Waals surface area contributed by atoms with Crippen LogP contribution in [0.25, 0.3) is 11.4 Å². The van der Waals surface area contributed by atoms with E-state index in [1.54, 1.807) is 30.3 Å². The van der Waals surface area contributed by atoms with Crippen LogP contribution in [0.3, 0.4) is 0 Å². The smallest absolute Gasteiger partial charge is 0.234 e. The molecule has 150 valence electrons. The zero-order chi connectivity index (χ0) is 20.8. The summed E-state index contributed by atoms with van der Waals surface area (Å²) < 4.78 is 7.13. The van der Waals surface area contributed by atoms with Crippen LogP contribution in [0.2, 0.25) is 10.0 Å². The van der Waals surface area contributed by atoms with E-state index >= 15 is 0 Å². The zero-order valence-corrected chi connectivity index (χ0v) is 17.9. The fourth-order valence-corrected chi connectivity index (χ4v) is 3.73.